The zero-order valence-electron chi connectivity index (χ0n) is 17.5. The van der Waals surface area contributed by atoms with E-state index in [1.54, 1.807) is 6.07 Å². The van der Waals surface area contributed by atoms with Gasteiger partial charge in [0, 0.05) is 18.7 Å². The SMILES string of the molecule is O=C(NC(CCCO)C(=O)NCCc1ccccc1)c1ccccc1-c1ccccc1. The van der Waals surface area contributed by atoms with Crippen LogP contribution in [0.15, 0.2) is 84.9 Å². The Balaban J connectivity index is 1.68. The molecular formula is C26H28N2O3. The van der Waals surface area contributed by atoms with Gasteiger partial charge in [0.2, 0.25) is 5.91 Å². The molecule has 0 radical (unpaired) electrons. The van der Waals surface area contributed by atoms with E-state index in [0.717, 1.165) is 16.7 Å². The van der Waals surface area contributed by atoms with E-state index in [2.05, 4.69) is 10.6 Å². The fourth-order valence-corrected chi connectivity index (χ4v) is 3.45. The number of carbonyl (C=O) groups is 2. The quantitative estimate of drug-likeness (QED) is 0.473. The van der Waals surface area contributed by atoms with Gasteiger partial charge < -0.3 is 15.7 Å². The van der Waals surface area contributed by atoms with Gasteiger partial charge in [0.05, 0.1) is 0 Å². The number of nitrogens with one attached hydrogen (secondary N) is 2. The average Bonchev–Trinajstić information content (AvgIpc) is 2.82. The molecule has 0 saturated carbocycles. The van der Waals surface area contributed by atoms with Crippen LogP contribution in [0.4, 0.5) is 0 Å². The Morgan fingerprint density at radius 3 is 2.19 bits per heavy atom. The Labute approximate surface area is 183 Å². The average molecular weight is 417 g/mol. The largest absolute Gasteiger partial charge is 0.396 e. The highest BCUT2D eigenvalue weighted by Crippen LogP contribution is 2.23. The first-order chi connectivity index (χ1) is 15.2. The van der Waals surface area contributed by atoms with Crippen LogP contribution in [-0.4, -0.2) is 36.1 Å². The van der Waals surface area contributed by atoms with Gasteiger partial charge in [-0.25, -0.2) is 0 Å². The monoisotopic (exact) mass is 416 g/mol. The number of aliphatic hydroxyl groups excluding tert-OH is 1. The topological polar surface area (TPSA) is 78.4 Å². The van der Waals surface area contributed by atoms with Crippen LogP contribution in [0.25, 0.3) is 11.1 Å². The van der Waals surface area contributed by atoms with Gasteiger partial charge in [-0.1, -0.05) is 78.9 Å². The third-order valence-electron chi connectivity index (χ3n) is 5.08. The van der Waals surface area contributed by atoms with E-state index in [0.29, 0.717) is 31.4 Å². The number of hydrogen-bond acceptors (Lipinski definition) is 3. The first kappa shape index (κ1) is 22.2. The summed E-state index contributed by atoms with van der Waals surface area (Å²) in [4.78, 5) is 25.8. The van der Waals surface area contributed by atoms with Gasteiger partial charge in [-0.3, -0.25) is 9.59 Å². The van der Waals surface area contributed by atoms with Crippen molar-refractivity contribution >= 4 is 11.8 Å². The second kappa shape index (κ2) is 11.7. The molecule has 2 amide bonds. The van der Waals surface area contributed by atoms with Crippen LogP contribution >= 0.6 is 0 Å². The molecule has 0 aliphatic heterocycles. The molecule has 0 aliphatic carbocycles. The smallest absolute Gasteiger partial charge is 0.252 e. The van der Waals surface area contributed by atoms with Gasteiger partial charge in [0.1, 0.15) is 6.04 Å². The Morgan fingerprint density at radius 2 is 1.48 bits per heavy atom. The lowest BCUT2D eigenvalue weighted by atomic mass is 9.98. The molecule has 0 spiro atoms. The van der Waals surface area contributed by atoms with E-state index in [4.69, 9.17) is 0 Å². The Hall–Kier alpha value is -3.44. The van der Waals surface area contributed by atoms with E-state index in [1.165, 1.54) is 0 Å². The van der Waals surface area contributed by atoms with Crippen molar-refractivity contribution in [3.63, 3.8) is 0 Å². The van der Waals surface area contributed by atoms with E-state index in [1.807, 2.05) is 78.9 Å². The second-order valence-electron chi connectivity index (χ2n) is 7.33. The molecule has 1 unspecified atom stereocenters. The van der Waals surface area contributed by atoms with Crippen molar-refractivity contribution in [2.75, 3.05) is 13.2 Å². The molecule has 3 rings (SSSR count). The molecule has 1 atom stereocenters. The van der Waals surface area contributed by atoms with Crippen LogP contribution < -0.4 is 10.6 Å². The van der Waals surface area contributed by atoms with Crippen LogP contribution in [0.2, 0.25) is 0 Å². The van der Waals surface area contributed by atoms with Gasteiger partial charge >= 0.3 is 0 Å². The van der Waals surface area contributed by atoms with Gasteiger partial charge in [0.15, 0.2) is 0 Å². The van der Waals surface area contributed by atoms with Crippen LogP contribution in [0.1, 0.15) is 28.8 Å². The maximum absolute atomic E-state index is 13.1. The number of rotatable bonds is 10. The first-order valence-corrected chi connectivity index (χ1v) is 10.6. The second-order valence-corrected chi connectivity index (χ2v) is 7.33. The number of hydrogen-bond donors (Lipinski definition) is 3. The molecule has 5 nitrogen and oxygen atoms in total. The summed E-state index contributed by atoms with van der Waals surface area (Å²) in [5.41, 5.74) is 3.40. The summed E-state index contributed by atoms with van der Waals surface area (Å²) in [6.07, 6.45) is 1.51. The predicted octanol–water partition coefficient (Wildman–Crippen LogP) is 3.58. The van der Waals surface area contributed by atoms with Gasteiger partial charge in [-0.15, -0.1) is 0 Å². The van der Waals surface area contributed by atoms with Crippen molar-refractivity contribution in [3.8, 4) is 11.1 Å². The number of benzene rings is 3. The van der Waals surface area contributed by atoms with Crippen molar-refractivity contribution in [2.45, 2.75) is 25.3 Å². The minimum absolute atomic E-state index is 0.0374. The molecule has 3 N–H and O–H groups in total. The van der Waals surface area contributed by atoms with Gasteiger partial charge in [-0.2, -0.15) is 0 Å². The molecule has 0 bridgehead atoms. The Bertz CT molecular complexity index is 974. The summed E-state index contributed by atoms with van der Waals surface area (Å²) in [6, 6.07) is 26.2. The highest BCUT2D eigenvalue weighted by Gasteiger charge is 2.22. The molecule has 0 aliphatic rings. The fraction of sp³-hybridized carbons (Fsp3) is 0.231. The van der Waals surface area contributed by atoms with E-state index in [-0.39, 0.29) is 18.4 Å². The van der Waals surface area contributed by atoms with Crippen LogP contribution in [0.3, 0.4) is 0 Å². The summed E-state index contributed by atoms with van der Waals surface area (Å²) in [6.45, 7) is 0.444. The summed E-state index contributed by atoms with van der Waals surface area (Å²) in [5.74, 6) is -0.546. The standard InChI is InChI=1S/C26H28N2O3/c29-19-9-16-24(26(31)27-18-17-20-10-3-1-4-11-20)28-25(30)23-15-8-7-14-22(23)21-12-5-2-6-13-21/h1-8,10-15,24,29H,9,16-19H2,(H,27,31)(H,28,30). The predicted molar refractivity (Wildman–Crippen MR) is 123 cm³/mol. The maximum atomic E-state index is 13.1. The maximum Gasteiger partial charge on any atom is 0.252 e. The lowest BCUT2D eigenvalue weighted by molar-refractivity contribution is -0.123. The van der Waals surface area contributed by atoms with E-state index < -0.39 is 6.04 Å². The molecule has 0 saturated heterocycles. The first-order valence-electron chi connectivity index (χ1n) is 10.6. The number of carbonyl (C=O) groups excluding carboxylic acids is 2. The van der Waals surface area contributed by atoms with E-state index >= 15 is 0 Å². The molecule has 0 heterocycles. The summed E-state index contributed by atoms with van der Waals surface area (Å²) < 4.78 is 0. The van der Waals surface area contributed by atoms with Crippen molar-refractivity contribution in [3.05, 3.63) is 96.1 Å². The summed E-state index contributed by atoms with van der Waals surface area (Å²) >= 11 is 0. The van der Waals surface area contributed by atoms with Crippen LogP contribution in [-0.2, 0) is 11.2 Å². The minimum atomic E-state index is -0.709. The van der Waals surface area contributed by atoms with E-state index in [9.17, 15) is 14.7 Å². The van der Waals surface area contributed by atoms with Crippen LogP contribution in [0.5, 0.6) is 0 Å². The molecule has 3 aromatic carbocycles. The minimum Gasteiger partial charge on any atom is -0.396 e. The van der Waals surface area contributed by atoms with Crippen molar-refractivity contribution in [1.82, 2.24) is 10.6 Å². The molecule has 3 aromatic rings. The van der Waals surface area contributed by atoms with Gasteiger partial charge in [-0.05, 0) is 42.0 Å². The lowest BCUT2D eigenvalue weighted by Gasteiger charge is -2.19. The summed E-state index contributed by atoms with van der Waals surface area (Å²) in [7, 11) is 0. The fourth-order valence-electron chi connectivity index (χ4n) is 3.45. The highest BCUT2D eigenvalue weighted by atomic mass is 16.3. The molecule has 0 fully saturated rings. The molecule has 31 heavy (non-hydrogen) atoms. The normalized spacial score (nSPS) is 11.5. The van der Waals surface area contributed by atoms with Crippen molar-refractivity contribution in [1.29, 1.82) is 0 Å². The highest BCUT2D eigenvalue weighted by molar-refractivity contribution is 6.02. The third-order valence-corrected chi connectivity index (χ3v) is 5.08. The Kier molecular flexibility index (Phi) is 8.38. The number of aliphatic hydroxyl groups is 1. The zero-order valence-corrected chi connectivity index (χ0v) is 17.5. The lowest BCUT2D eigenvalue weighted by Crippen LogP contribution is -2.47. The molecular weight excluding hydrogens is 388 g/mol. The van der Waals surface area contributed by atoms with Crippen molar-refractivity contribution < 1.29 is 14.7 Å². The van der Waals surface area contributed by atoms with Crippen LogP contribution in [0, 0.1) is 0 Å². The summed E-state index contributed by atoms with van der Waals surface area (Å²) in [5, 5.41) is 15.0. The third kappa shape index (κ3) is 6.52. The molecule has 5 heteroatoms. The molecule has 160 valence electrons. The Morgan fingerprint density at radius 1 is 0.839 bits per heavy atom. The zero-order chi connectivity index (χ0) is 21.9. The van der Waals surface area contributed by atoms with Gasteiger partial charge in [0.25, 0.3) is 5.91 Å². The molecule has 0 aromatic heterocycles. The number of amides is 2. The van der Waals surface area contributed by atoms with Crippen molar-refractivity contribution in [2.24, 2.45) is 0 Å².